The Morgan fingerprint density at radius 1 is 1.00 bits per heavy atom. The Balaban J connectivity index is 1.25. The van der Waals surface area contributed by atoms with Crippen LogP contribution in [0.4, 0.5) is 18.9 Å². The molecular formula is C28H26F3IN2O3S2. The number of rotatable bonds is 7. The van der Waals surface area contributed by atoms with Gasteiger partial charge in [-0.15, -0.1) is 11.3 Å². The van der Waals surface area contributed by atoms with Crippen LogP contribution in [0.3, 0.4) is 0 Å². The first-order valence-electron chi connectivity index (χ1n) is 12.5. The monoisotopic (exact) mass is 686 g/mol. The number of nitrogens with one attached hydrogen (secondary N) is 2. The Morgan fingerprint density at radius 3 is 2.33 bits per heavy atom. The summed E-state index contributed by atoms with van der Waals surface area (Å²) in [5.74, 6) is -0.0138. The Hall–Kier alpha value is -2.22. The first kappa shape index (κ1) is 28.3. The number of carbonyl (C=O) groups is 1. The van der Waals surface area contributed by atoms with Gasteiger partial charge in [-0.3, -0.25) is 4.79 Å². The fraction of sp³-hybridized carbons (Fsp3) is 0.321. The molecule has 2 aliphatic rings. The summed E-state index contributed by atoms with van der Waals surface area (Å²) in [6.45, 7) is 0. The summed E-state index contributed by atoms with van der Waals surface area (Å²) in [5, 5.41) is 2.82. The van der Waals surface area contributed by atoms with Crippen LogP contribution in [-0.4, -0.2) is 20.4 Å². The van der Waals surface area contributed by atoms with Crippen molar-refractivity contribution in [3.8, 4) is 0 Å². The van der Waals surface area contributed by atoms with Crippen molar-refractivity contribution in [2.45, 2.75) is 46.5 Å². The Bertz CT molecular complexity index is 1500. The maximum Gasteiger partial charge on any atom is 0.416 e. The van der Waals surface area contributed by atoms with E-state index >= 15 is 0 Å². The van der Waals surface area contributed by atoms with Crippen molar-refractivity contribution in [2.75, 3.05) is 5.32 Å². The van der Waals surface area contributed by atoms with Gasteiger partial charge in [-0.25, -0.2) is 13.1 Å². The molecule has 2 bridgehead atoms. The molecular weight excluding hydrogens is 660 g/mol. The quantitative estimate of drug-likeness (QED) is 0.163. The number of halogens is 4. The molecule has 1 aromatic heterocycles. The zero-order valence-corrected chi connectivity index (χ0v) is 24.5. The maximum absolute atomic E-state index is 13.1. The van der Waals surface area contributed by atoms with Crippen molar-refractivity contribution in [2.24, 2.45) is 11.8 Å². The van der Waals surface area contributed by atoms with Crippen LogP contribution < -0.4 is 10.0 Å². The van der Waals surface area contributed by atoms with Gasteiger partial charge in [0, 0.05) is 27.1 Å². The maximum atomic E-state index is 13.1. The van der Waals surface area contributed by atoms with Gasteiger partial charge in [0.2, 0.25) is 15.9 Å². The van der Waals surface area contributed by atoms with Gasteiger partial charge in [-0.1, -0.05) is 40.8 Å². The van der Waals surface area contributed by atoms with Gasteiger partial charge < -0.3 is 5.32 Å². The van der Waals surface area contributed by atoms with Crippen molar-refractivity contribution in [1.82, 2.24) is 4.72 Å². The smallest absolute Gasteiger partial charge is 0.323 e. The normalized spacial score (nSPS) is 21.1. The van der Waals surface area contributed by atoms with Crippen LogP contribution in [-0.2, 0) is 38.3 Å². The van der Waals surface area contributed by atoms with Gasteiger partial charge in [0.25, 0.3) is 0 Å². The lowest BCUT2D eigenvalue weighted by molar-refractivity contribution is -0.137. The number of amides is 1. The van der Waals surface area contributed by atoms with Crippen molar-refractivity contribution in [1.29, 1.82) is 0 Å². The van der Waals surface area contributed by atoms with Crippen LogP contribution >= 0.6 is 33.9 Å². The third-order valence-corrected chi connectivity index (χ3v) is 11.7. The van der Waals surface area contributed by atoms with Crippen LogP contribution in [0.2, 0.25) is 0 Å². The highest BCUT2D eigenvalue weighted by molar-refractivity contribution is 14.1. The lowest BCUT2D eigenvalue weighted by Crippen LogP contribution is -2.41. The average Bonchev–Trinajstić information content (AvgIpc) is 3.48. The van der Waals surface area contributed by atoms with Crippen molar-refractivity contribution in [3.05, 3.63) is 87.8 Å². The van der Waals surface area contributed by atoms with E-state index in [-0.39, 0.29) is 17.9 Å². The first-order valence-corrected chi connectivity index (χ1v) is 16.3. The number of benzene rings is 2. The molecule has 1 fully saturated rings. The molecule has 0 saturated heterocycles. The molecule has 3 atom stereocenters. The predicted molar refractivity (Wildman–Crippen MR) is 155 cm³/mol. The molecule has 206 valence electrons. The van der Waals surface area contributed by atoms with Crippen LogP contribution in [0, 0.1) is 11.8 Å². The molecule has 1 amide bonds. The van der Waals surface area contributed by atoms with E-state index in [1.54, 1.807) is 6.07 Å². The van der Waals surface area contributed by atoms with Crippen LogP contribution in [0.1, 0.15) is 40.0 Å². The van der Waals surface area contributed by atoms with E-state index in [9.17, 15) is 26.4 Å². The predicted octanol–water partition coefficient (Wildman–Crippen LogP) is 6.83. The molecule has 0 radical (unpaired) electrons. The van der Waals surface area contributed by atoms with E-state index < -0.39 is 27.7 Å². The van der Waals surface area contributed by atoms with E-state index in [0.717, 1.165) is 51.8 Å². The van der Waals surface area contributed by atoms with Gasteiger partial charge >= 0.3 is 6.18 Å². The van der Waals surface area contributed by atoms with Gasteiger partial charge in [0.05, 0.1) is 5.56 Å². The van der Waals surface area contributed by atoms with E-state index in [2.05, 4.69) is 32.6 Å². The van der Waals surface area contributed by atoms with Crippen LogP contribution in [0.25, 0.3) is 6.08 Å². The van der Waals surface area contributed by atoms with Crippen LogP contribution in [0.15, 0.2) is 64.9 Å². The number of carbonyl (C=O) groups excluding carboxylic acids is 1. The van der Waals surface area contributed by atoms with E-state index in [1.165, 1.54) is 35.6 Å². The van der Waals surface area contributed by atoms with Crippen molar-refractivity contribution >= 4 is 61.6 Å². The third-order valence-electron chi connectivity index (χ3n) is 7.35. The standard InChI is InChI=1S/C28H26F3IN2O3S2/c29-28(30,31)22-7-1-17(2-8-22)3-11-25(35)33-23-9-6-18-13-19-4-5-20(14-21(18)15-23)27(19)34-39(36,37)26-12-10-24(16-32)38-26/h1-3,6-12,15,19-20,27,34H,4-5,13-14,16H2,(H,33,35)/b11-3+. The van der Waals surface area contributed by atoms with Gasteiger partial charge in [0.15, 0.2) is 0 Å². The lowest BCUT2D eigenvalue weighted by atomic mass is 9.93. The molecule has 0 aliphatic heterocycles. The summed E-state index contributed by atoms with van der Waals surface area (Å²) < 4.78 is 68.6. The fourth-order valence-electron chi connectivity index (χ4n) is 5.43. The molecule has 1 saturated carbocycles. The minimum atomic E-state index is -4.41. The summed E-state index contributed by atoms with van der Waals surface area (Å²) in [6, 6.07) is 13.7. The summed E-state index contributed by atoms with van der Waals surface area (Å²) in [6.07, 6.45) is 1.73. The van der Waals surface area contributed by atoms with Gasteiger partial charge in [-0.2, -0.15) is 13.2 Å². The summed E-state index contributed by atoms with van der Waals surface area (Å²) >= 11 is 3.53. The van der Waals surface area contributed by atoms with E-state index in [4.69, 9.17) is 0 Å². The molecule has 11 heteroatoms. The number of hydrogen-bond donors (Lipinski definition) is 2. The highest BCUT2D eigenvalue weighted by Crippen LogP contribution is 2.41. The number of hydrogen-bond acceptors (Lipinski definition) is 4. The van der Waals surface area contributed by atoms with Gasteiger partial charge in [0.1, 0.15) is 4.21 Å². The van der Waals surface area contributed by atoms with E-state index in [0.29, 0.717) is 21.9 Å². The Kier molecular flexibility index (Phi) is 8.23. The third kappa shape index (κ3) is 6.58. The molecule has 3 unspecified atom stereocenters. The molecule has 5 rings (SSSR count). The number of anilines is 1. The zero-order chi connectivity index (χ0) is 27.8. The molecule has 0 spiro atoms. The zero-order valence-electron chi connectivity index (χ0n) is 20.7. The molecule has 2 aromatic carbocycles. The Morgan fingerprint density at radius 2 is 1.69 bits per heavy atom. The molecule has 39 heavy (non-hydrogen) atoms. The SMILES string of the molecule is O=C(/C=C/c1ccc(C(F)(F)F)cc1)Nc1ccc2c(c1)CC1CCC(C2)C1NS(=O)(=O)c1ccc(CI)s1. The topological polar surface area (TPSA) is 75.3 Å². The second-order valence-corrected chi connectivity index (χ2v) is 13.8. The minimum Gasteiger partial charge on any atom is -0.323 e. The molecule has 3 aromatic rings. The molecule has 2 N–H and O–H groups in total. The highest BCUT2D eigenvalue weighted by Gasteiger charge is 2.41. The number of sulfonamides is 1. The second kappa shape index (κ2) is 11.3. The van der Waals surface area contributed by atoms with Crippen LogP contribution in [0.5, 0.6) is 0 Å². The van der Waals surface area contributed by atoms with Crippen molar-refractivity contribution in [3.63, 3.8) is 0 Å². The second-order valence-electron chi connectivity index (χ2n) is 9.93. The summed E-state index contributed by atoms with van der Waals surface area (Å²) in [7, 11) is -3.60. The average molecular weight is 687 g/mol. The lowest BCUT2D eigenvalue weighted by Gasteiger charge is -2.23. The first-order chi connectivity index (χ1) is 18.5. The molecule has 2 aliphatic carbocycles. The van der Waals surface area contributed by atoms with Crippen molar-refractivity contribution < 1.29 is 26.4 Å². The highest BCUT2D eigenvalue weighted by atomic mass is 127. The fourth-order valence-corrected chi connectivity index (χ4v) is 8.75. The number of alkyl halides is 4. The van der Waals surface area contributed by atoms with E-state index in [1.807, 2.05) is 24.3 Å². The summed E-state index contributed by atoms with van der Waals surface area (Å²) in [5.41, 5.74) is 2.62. The number of thiophene rings is 1. The largest absolute Gasteiger partial charge is 0.416 e. The Labute approximate surface area is 243 Å². The summed E-state index contributed by atoms with van der Waals surface area (Å²) in [4.78, 5) is 13.5. The van der Waals surface area contributed by atoms with Gasteiger partial charge in [-0.05, 0) is 96.7 Å². The minimum absolute atomic E-state index is 0.141. The molecule has 5 nitrogen and oxygen atoms in total. The number of fused-ring (bicyclic) bond motifs is 3. The molecule has 1 heterocycles.